The second-order valence-corrected chi connectivity index (χ2v) is 9.71. The van der Waals surface area contributed by atoms with Gasteiger partial charge in [0.05, 0.1) is 17.3 Å². The Morgan fingerprint density at radius 3 is 1.97 bits per heavy atom. The molecule has 7 heteroatoms. The van der Waals surface area contributed by atoms with Gasteiger partial charge in [0.1, 0.15) is 0 Å². The molecule has 0 aromatic carbocycles. The number of aromatic amines is 1. The van der Waals surface area contributed by atoms with Gasteiger partial charge in [-0.25, -0.2) is 9.67 Å². The molecule has 34 heavy (non-hydrogen) atoms. The predicted octanol–water partition coefficient (Wildman–Crippen LogP) is 5.93. The van der Waals surface area contributed by atoms with E-state index in [1.165, 1.54) is 70.6 Å². The van der Waals surface area contributed by atoms with Crippen LogP contribution in [0.3, 0.4) is 0 Å². The molecule has 7 nitrogen and oxygen atoms in total. The number of primary amides is 1. The summed E-state index contributed by atoms with van der Waals surface area (Å²) in [5.74, 6) is -0.500. The van der Waals surface area contributed by atoms with Crippen LogP contribution in [-0.4, -0.2) is 25.7 Å². The number of amides is 1. The van der Waals surface area contributed by atoms with Crippen molar-refractivity contribution in [1.82, 2.24) is 19.7 Å². The number of aryl methyl sites for hydroxylation is 2. The van der Waals surface area contributed by atoms with E-state index in [1.807, 2.05) is 13.0 Å². The fraction of sp³-hybridized carbons (Fsp3) is 0.704. The van der Waals surface area contributed by atoms with E-state index in [4.69, 9.17) is 5.73 Å². The quantitative estimate of drug-likeness (QED) is 0.279. The summed E-state index contributed by atoms with van der Waals surface area (Å²) in [5.41, 5.74) is 8.25. The molecule has 0 radical (unpaired) electrons. The highest BCUT2D eigenvalue weighted by atomic mass is 16.1. The summed E-state index contributed by atoms with van der Waals surface area (Å²) < 4.78 is 1.57. The topological polar surface area (TPSA) is 107 Å². The molecular formula is C27H45N5O2. The van der Waals surface area contributed by atoms with Crippen LogP contribution in [0, 0.1) is 20.8 Å². The molecule has 0 aliphatic carbocycles. The number of aromatic nitrogens is 4. The van der Waals surface area contributed by atoms with Crippen molar-refractivity contribution < 1.29 is 4.79 Å². The molecule has 0 aliphatic rings. The zero-order valence-electron chi connectivity index (χ0n) is 21.8. The van der Waals surface area contributed by atoms with Crippen LogP contribution in [-0.2, 0) is 4.79 Å². The van der Waals surface area contributed by atoms with Crippen LogP contribution in [0.25, 0.3) is 5.95 Å². The Morgan fingerprint density at radius 1 is 0.941 bits per heavy atom. The van der Waals surface area contributed by atoms with E-state index in [2.05, 4.69) is 22.0 Å². The third-order valence-corrected chi connectivity index (χ3v) is 6.74. The van der Waals surface area contributed by atoms with Gasteiger partial charge in [-0.2, -0.15) is 5.10 Å². The first kappa shape index (κ1) is 27.8. The van der Waals surface area contributed by atoms with Crippen molar-refractivity contribution in [2.75, 3.05) is 0 Å². The third-order valence-electron chi connectivity index (χ3n) is 6.74. The summed E-state index contributed by atoms with van der Waals surface area (Å²) >= 11 is 0. The van der Waals surface area contributed by atoms with Gasteiger partial charge in [-0.3, -0.25) is 14.6 Å². The van der Waals surface area contributed by atoms with Crippen molar-refractivity contribution in [3.63, 3.8) is 0 Å². The maximum absolute atomic E-state index is 12.3. The standard InChI is InChI=1S/C27H45N5O2/c1-5-6-7-8-9-10-11-12-13-14-15-16-17-18-23(25(28)33)24-19-20(2)31-32(24)27-29-22(4)21(3)26(34)30-27/h19,23H,5-18H2,1-4H3,(H2,28,33)(H,29,30,34). The number of carbonyl (C=O) groups is 1. The van der Waals surface area contributed by atoms with Gasteiger partial charge in [0, 0.05) is 11.3 Å². The second kappa shape index (κ2) is 14.7. The maximum atomic E-state index is 12.3. The Kier molecular flexibility index (Phi) is 12.1. The van der Waals surface area contributed by atoms with E-state index in [0.29, 0.717) is 29.3 Å². The molecule has 2 heterocycles. The van der Waals surface area contributed by atoms with Crippen molar-refractivity contribution in [1.29, 1.82) is 0 Å². The molecule has 1 atom stereocenters. The average molecular weight is 472 g/mol. The van der Waals surface area contributed by atoms with Gasteiger partial charge in [-0.15, -0.1) is 0 Å². The lowest BCUT2D eigenvalue weighted by atomic mass is 9.96. The fourth-order valence-electron chi connectivity index (χ4n) is 4.47. The number of rotatable bonds is 17. The number of nitrogens with two attached hydrogens (primary N) is 1. The second-order valence-electron chi connectivity index (χ2n) is 9.71. The summed E-state index contributed by atoms with van der Waals surface area (Å²) in [7, 11) is 0. The first-order chi connectivity index (χ1) is 16.3. The minimum absolute atomic E-state index is 0.200. The minimum atomic E-state index is -0.458. The van der Waals surface area contributed by atoms with Gasteiger partial charge in [0.2, 0.25) is 11.9 Å². The van der Waals surface area contributed by atoms with Gasteiger partial charge < -0.3 is 5.73 Å². The van der Waals surface area contributed by atoms with Crippen LogP contribution in [0.1, 0.15) is 125 Å². The van der Waals surface area contributed by atoms with Gasteiger partial charge in [-0.05, 0) is 33.3 Å². The summed E-state index contributed by atoms with van der Waals surface area (Å²) in [5, 5.41) is 4.49. The largest absolute Gasteiger partial charge is 0.369 e. The van der Waals surface area contributed by atoms with Crippen LogP contribution in [0.2, 0.25) is 0 Å². The molecule has 0 spiro atoms. The maximum Gasteiger partial charge on any atom is 0.255 e. The van der Waals surface area contributed by atoms with E-state index in [-0.39, 0.29) is 11.5 Å². The Hall–Kier alpha value is -2.44. The van der Waals surface area contributed by atoms with Gasteiger partial charge in [0.15, 0.2) is 0 Å². The van der Waals surface area contributed by atoms with Gasteiger partial charge >= 0.3 is 0 Å². The first-order valence-corrected chi connectivity index (χ1v) is 13.3. The van der Waals surface area contributed by atoms with Gasteiger partial charge in [-0.1, -0.05) is 90.4 Å². The molecule has 2 aromatic rings. The zero-order chi connectivity index (χ0) is 24.9. The number of unbranched alkanes of at least 4 members (excludes halogenated alkanes) is 12. The van der Waals surface area contributed by atoms with Crippen LogP contribution in [0.15, 0.2) is 10.9 Å². The number of H-pyrrole nitrogens is 1. The molecule has 190 valence electrons. The summed E-state index contributed by atoms with van der Waals surface area (Å²) in [6.45, 7) is 7.66. The first-order valence-electron chi connectivity index (χ1n) is 13.3. The molecule has 0 fully saturated rings. The monoisotopic (exact) mass is 471 g/mol. The number of hydrogen-bond acceptors (Lipinski definition) is 4. The molecule has 0 saturated carbocycles. The van der Waals surface area contributed by atoms with Crippen molar-refractivity contribution in [3.05, 3.63) is 39.1 Å². The molecule has 1 amide bonds. The molecule has 2 rings (SSSR count). The SMILES string of the molecule is CCCCCCCCCCCCCCCC(C(N)=O)c1cc(C)nn1-c1nc(C)c(C)c(=O)[nH]1. The smallest absolute Gasteiger partial charge is 0.255 e. The third kappa shape index (κ3) is 8.73. The lowest BCUT2D eigenvalue weighted by molar-refractivity contribution is -0.119. The van der Waals surface area contributed by atoms with Crippen molar-refractivity contribution in [3.8, 4) is 5.95 Å². The number of nitrogens with zero attached hydrogens (tertiary/aromatic N) is 3. The number of carbonyl (C=O) groups excluding carboxylic acids is 1. The Labute approximate surface area is 204 Å². The van der Waals surface area contributed by atoms with E-state index < -0.39 is 5.92 Å². The van der Waals surface area contributed by atoms with Crippen molar-refractivity contribution in [2.24, 2.45) is 5.73 Å². The molecule has 2 aromatic heterocycles. The average Bonchev–Trinajstić information content (AvgIpc) is 3.18. The predicted molar refractivity (Wildman–Crippen MR) is 138 cm³/mol. The highest BCUT2D eigenvalue weighted by molar-refractivity contribution is 5.81. The molecule has 0 bridgehead atoms. The molecule has 1 unspecified atom stereocenters. The van der Waals surface area contributed by atoms with E-state index in [0.717, 1.165) is 18.5 Å². The fourth-order valence-corrected chi connectivity index (χ4v) is 4.47. The highest BCUT2D eigenvalue weighted by Gasteiger charge is 2.24. The highest BCUT2D eigenvalue weighted by Crippen LogP contribution is 2.25. The van der Waals surface area contributed by atoms with E-state index in [1.54, 1.807) is 18.5 Å². The van der Waals surface area contributed by atoms with E-state index in [9.17, 15) is 9.59 Å². The normalized spacial score (nSPS) is 12.2. The molecular weight excluding hydrogens is 426 g/mol. The summed E-state index contributed by atoms with van der Waals surface area (Å²) in [6.07, 6.45) is 17.4. The summed E-state index contributed by atoms with van der Waals surface area (Å²) in [4.78, 5) is 31.8. The number of hydrogen-bond donors (Lipinski definition) is 2. The molecule has 0 aliphatic heterocycles. The summed E-state index contributed by atoms with van der Waals surface area (Å²) in [6, 6.07) is 1.87. The van der Waals surface area contributed by atoms with Crippen LogP contribution in [0.5, 0.6) is 0 Å². The Bertz CT molecular complexity index is 947. The zero-order valence-corrected chi connectivity index (χ0v) is 21.8. The van der Waals surface area contributed by atoms with E-state index >= 15 is 0 Å². The van der Waals surface area contributed by atoms with Crippen molar-refractivity contribution in [2.45, 2.75) is 124 Å². The molecule has 3 N–H and O–H groups in total. The number of nitrogens with one attached hydrogen (secondary N) is 1. The minimum Gasteiger partial charge on any atom is -0.369 e. The van der Waals surface area contributed by atoms with Crippen LogP contribution in [0.4, 0.5) is 0 Å². The van der Waals surface area contributed by atoms with Crippen LogP contribution < -0.4 is 11.3 Å². The lowest BCUT2D eigenvalue weighted by Crippen LogP contribution is -2.25. The molecule has 0 saturated heterocycles. The van der Waals surface area contributed by atoms with Crippen molar-refractivity contribution >= 4 is 5.91 Å². The van der Waals surface area contributed by atoms with Crippen LogP contribution >= 0.6 is 0 Å². The lowest BCUT2D eigenvalue weighted by Gasteiger charge is -2.15. The van der Waals surface area contributed by atoms with Gasteiger partial charge in [0.25, 0.3) is 5.56 Å². The Morgan fingerprint density at radius 2 is 1.47 bits per heavy atom. The Balaban J connectivity index is 1.81.